The summed E-state index contributed by atoms with van der Waals surface area (Å²) in [4.78, 5) is 34.1. The summed E-state index contributed by atoms with van der Waals surface area (Å²) in [5.41, 5.74) is -1.67. The van der Waals surface area contributed by atoms with Crippen LogP contribution < -0.4 is 11.1 Å². The summed E-state index contributed by atoms with van der Waals surface area (Å²) < 4.78 is 27.0. The highest BCUT2D eigenvalue weighted by Gasteiger charge is 2.14. The molecule has 98 valence electrons. The molecule has 1 aromatic carbocycles. The molecule has 0 atom stereocenters. The number of halogens is 2. The van der Waals surface area contributed by atoms with Crippen molar-refractivity contribution in [1.29, 1.82) is 0 Å². The molecule has 7 heteroatoms. The van der Waals surface area contributed by atoms with Crippen molar-refractivity contribution >= 4 is 5.78 Å². The van der Waals surface area contributed by atoms with Crippen LogP contribution in [0.2, 0.25) is 0 Å². The first-order valence-corrected chi connectivity index (χ1v) is 5.26. The average Bonchev–Trinajstić information content (AvgIpc) is 2.36. The zero-order valence-electron chi connectivity index (χ0n) is 9.52. The number of nitrogens with zero attached hydrogens (tertiary/aromatic N) is 1. The fourth-order valence-corrected chi connectivity index (χ4v) is 1.52. The summed E-state index contributed by atoms with van der Waals surface area (Å²) in [5.74, 6) is -2.47. The molecule has 0 aliphatic rings. The van der Waals surface area contributed by atoms with Gasteiger partial charge in [0.25, 0.3) is 11.1 Å². The van der Waals surface area contributed by atoms with Crippen LogP contribution >= 0.6 is 0 Å². The van der Waals surface area contributed by atoms with Gasteiger partial charge in [0.2, 0.25) is 0 Å². The Hall–Kier alpha value is -2.57. The standard InChI is InChI=1S/C12H8F2N2O3/c13-7-1-2-9(14)8(5-7)10(17)6-16-12(19)4-3-11(18)15-16/h1-5H,6H2,(H,15,18). The van der Waals surface area contributed by atoms with E-state index >= 15 is 0 Å². The number of rotatable bonds is 3. The molecule has 0 unspecified atom stereocenters. The lowest BCUT2D eigenvalue weighted by Crippen LogP contribution is -2.31. The van der Waals surface area contributed by atoms with Gasteiger partial charge in [0, 0.05) is 12.1 Å². The normalized spacial score (nSPS) is 10.4. The second-order valence-corrected chi connectivity index (χ2v) is 3.78. The molecule has 0 radical (unpaired) electrons. The second kappa shape index (κ2) is 4.97. The SMILES string of the molecule is O=C(Cn1[nH]c(=O)ccc1=O)c1cc(F)ccc1F. The highest BCUT2D eigenvalue weighted by atomic mass is 19.1. The molecule has 1 aromatic heterocycles. The predicted octanol–water partition coefficient (Wildman–Crippen LogP) is 0.698. The topological polar surface area (TPSA) is 71.9 Å². The predicted molar refractivity (Wildman–Crippen MR) is 62.0 cm³/mol. The van der Waals surface area contributed by atoms with E-state index in [0.29, 0.717) is 0 Å². The highest BCUT2D eigenvalue weighted by Crippen LogP contribution is 2.10. The molecule has 2 rings (SSSR count). The molecular formula is C12H8F2N2O3. The number of ketones is 1. The Balaban J connectivity index is 2.36. The zero-order valence-corrected chi connectivity index (χ0v) is 9.52. The Morgan fingerprint density at radius 1 is 1.16 bits per heavy atom. The third-order valence-corrected chi connectivity index (χ3v) is 2.42. The maximum absolute atomic E-state index is 13.4. The average molecular weight is 266 g/mol. The van der Waals surface area contributed by atoms with Crippen LogP contribution in [0.5, 0.6) is 0 Å². The minimum atomic E-state index is -0.891. The Morgan fingerprint density at radius 3 is 2.63 bits per heavy atom. The van der Waals surface area contributed by atoms with Gasteiger partial charge in [-0.1, -0.05) is 0 Å². The van der Waals surface area contributed by atoms with Gasteiger partial charge in [-0.25, -0.2) is 13.5 Å². The van der Waals surface area contributed by atoms with E-state index in [2.05, 4.69) is 5.10 Å². The summed E-state index contributed by atoms with van der Waals surface area (Å²) in [6.07, 6.45) is 0. The van der Waals surface area contributed by atoms with Crippen molar-refractivity contribution in [2.75, 3.05) is 0 Å². The number of H-pyrrole nitrogens is 1. The fraction of sp³-hybridized carbons (Fsp3) is 0.0833. The summed E-state index contributed by atoms with van der Waals surface area (Å²) >= 11 is 0. The number of aromatic nitrogens is 2. The quantitative estimate of drug-likeness (QED) is 0.831. The Labute approximate surface area is 105 Å². The van der Waals surface area contributed by atoms with Crippen LogP contribution in [0.3, 0.4) is 0 Å². The maximum atomic E-state index is 13.4. The molecule has 0 fully saturated rings. The molecule has 0 bridgehead atoms. The number of carbonyl (C=O) groups excluding carboxylic acids is 1. The number of aromatic amines is 1. The van der Waals surface area contributed by atoms with E-state index in [-0.39, 0.29) is 0 Å². The number of Topliss-reactive ketones (excluding diaryl/α,β-unsaturated/α-hetero) is 1. The monoisotopic (exact) mass is 266 g/mol. The highest BCUT2D eigenvalue weighted by molar-refractivity contribution is 5.96. The van der Waals surface area contributed by atoms with Crippen LogP contribution in [0.4, 0.5) is 8.78 Å². The van der Waals surface area contributed by atoms with Gasteiger partial charge in [0.05, 0.1) is 5.56 Å². The van der Waals surface area contributed by atoms with Gasteiger partial charge in [-0.15, -0.1) is 0 Å². The first-order chi connectivity index (χ1) is 8.97. The Morgan fingerprint density at radius 2 is 1.89 bits per heavy atom. The molecule has 0 saturated carbocycles. The van der Waals surface area contributed by atoms with Crippen molar-refractivity contribution in [3.05, 3.63) is 68.2 Å². The molecule has 1 N–H and O–H groups in total. The Bertz CT molecular complexity index is 749. The molecule has 0 aliphatic carbocycles. The van der Waals surface area contributed by atoms with Crippen molar-refractivity contribution in [1.82, 2.24) is 9.78 Å². The lowest BCUT2D eigenvalue weighted by Gasteiger charge is -2.05. The number of benzene rings is 1. The first kappa shape index (κ1) is 12.9. The lowest BCUT2D eigenvalue weighted by molar-refractivity contribution is 0.0961. The number of nitrogens with one attached hydrogen (secondary N) is 1. The van der Waals surface area contributed by atoms with Crippen LogP contribution in [-0.4, -0.2) is 15.6 Å². The van der Waals surface area contributed by atoms with Crippen LogP contribution in [0.1, 0.15) is 10.4 Å². The lowest BCUT2D eigenvalue weighted by atomic mass is 10.1. The van der Waals surface area contributed by atoms with Gasteiger partial charge in [-0.05, 0) is 18.2 Å². The summed E-state index contributed by atoms with van der Waals surface area (Å²) in [5, 5.41) is 2.12. The molecule has 2 aromatic rings. The maximum Gasteiger partial charge on any atom is 0.265 e. The van der Waals surface area contributed by atoms with E-state index in [4.69, 9.17) is 0 Å². The zero-order chi connectivity index (χ0) is 14.0. The molecule has 5 nitrogen and oxygen atoms in total. The first-order valence-electron chi connectivity index (χ1n) is 5.26. The van der Waals surface area contributed by atoms with Gasteiger partial charge in [-0.3, -0.25) is 19.5 Å². The van der Waals surface area contributed by atoms with Crippen LogP contribution in [0.15, 0.2) is 39.9 Å². The van der Waals surface area contributed by atoms with Gasteiger partial charge in [-0.2, -0.15) is 0 Å². The van der Waals surface area contributed by atoms with Crippen molar-refractivity contribution in [3.8, 4) is 0 Å². The summed E-state index contributed by atoms with van der Waals surface area (Å²) in [6.45, 7) is -0.574. The van der Waals surface area contributed by atoms with Crippen LogP contribution in [0, 0.1) is 11.6 Å². The minimum Gasteiger partial charge on any atom is -0.292 e. The molecule has 0 amide bonds. The number of carbonyl (C=O) groups is 1. The van der Waals surface area contributed by atoms with E-state index in [1.54, 1.807) is 0 Å². The summed E-state index contributed by atoms with van der Waals surface area (Å²) in [6, 6.07) is 4.42. The third kappa shape index (κ3) is 2.82. The van der Waals surface area contributed by atoms with E-state index in [9.17, 15) is 23.2 Å². The van der Waals surface area contributed by atoms with Gasteiger partial charge < -0.3 is 0 Å². The molecule has 19 heavy (non-hydrogen) atoms. The van der Waals surface area contributed by atoms with Gasteiger partial charge >= 0.3 is 0 Å². The molecule has 0 saturated heterocycles. The van der Waals surface area contributed by atoms with E-state index < -0.39 is 40.6 Å². The summed E-state index contributed by atoms with van der Waals surface area (Å²) in [7, 11) is 0. The van der Waals surface area contributed by atoms with Crippen molar-refractivity contribution in [2.45, 2.75) is 6.54 Å². The van der Waals surface area contributed by atoms with Crippen LogP contribution in [-0.2, 0) is 6.54 Å². The third-order valence-electron chi connectivity index (χ3n) is 2.42. The van der Waals surface area contributed by atoms with Crippen molar-refractivity contribution in [2.24, 2.45) is 0 Å². The number of hydrogen-bond donors (Lipinski definition) is 1. The van der Waals surface area contributed by atoms with E-state index in [1.165, 1.54) is 0 Å². The fourth-order valence-electron chi connectivity index (χ4n) is 1.52. The molecule has 0 spiro atoms. The minimum absolute atomic E-state index is 0.475. The van der Waals surface area contributed by atoms with E-state index in [1.807, 2.05) is 0 Å². The largest absolute Gasteiger partial charge is 0.292 e. The molecule has 1 heterocycles. The van der Waals surface area contributed by atoms with Gasteiger partial charge in [0.1, 0.15) is 18.2 Å². The number of hydrogen-bond acceptors (Lipinski definition) is 3. The van der Waals surface area contributed by atoms with E-state index in [0.717, 1.165) is 35.0 Å². The van der Waals surface area contributed by atoms with Gasteiger partial charge in [0.15, 0.2) is 5.78 Å². The molecule has 0 aliphatic heterocycles. The van der Waals surface area contributed by atoms with Crippen LogP contribution in [0.25, 0.3) is 0 Å². The van der Waals surface area contributed by atoms with Crippen molar-refractivity contribution in [3.63, 3.8) is 0 Å². The van der Waals surface area contributed by atoms with Crippen molar-refractivity contribution < 1.29 is 13.6 Å². The Kier molecular flexibility index (Phi) is 3.37. The molecular weight excluding hydrogens is 258 g/mol. The second-order valence-electron chi connectivity index (χ2n) is 3.78. The smallest absolute Gasteiger partial charge is 0.265 e.